The lowest BCUT2D eigenvalue weighted by Crippen LogP contribution is -2.29. The van der Waals surface area contributed by atoms with E-state index >= 15 is 0 Å². The number of rotatable bonds is 4. The molecule has 0 aromatic heterocycles. The van der Waals surface area contributed by atoms with Crippen molar-refractivity contribution >= 4 is 11.6 Å². The zero-order valence-electron chi connectivity index (χ0n) is 11.5. The first kappa shape index (κ1) is 15.0. The Balaban J connectivity index is 2.36. The van der Waals surface area contributed by atoms with E-state index in [0.717, 1.165) is 5.56 Å². The second-order valence-electron chi connectivity index (χ2n) is 5.09. The molecule has 0 bridgehead atoms. The topological polar surface area (TPSA) is 38.0 Å². The minimum absolute atomic E-state index is 0.367. The van der Waals surface area contributed by atoms with Gasteiger partial charge in [0, 0.05) is 10.6 Å². The molecule has 3 N–H and O–H groups in total. The van der Waals surface area contributed by atoms with Crippen molar-refractivity contribution in [1.29, 1.82) is 0 Å². The van der Waals surface area contributed by atoms with Crippen LogP contribution in [0.1, 0.15) is 42.5 Å². The van der Waals surface area contributed by atoms with E-state index < -0.39 is 6.04 Å². The van der Waals surface area contributed by atoms with Crippen molar-refractivity contribution in [2.75, 3.05) is 0 Å². The van der Waals surface area contributed by atoms with Gasteiger partial charge in [-0.1, -0.05) is 55.8 Å². The fourth-order valence-corrected chi connectivity index (χ4v) is 2.33. The molecule has 0 saturated carbocycles. The lowest BCUT2D eigenvalue weighted by molar-refractivity contribution is 0.560. The molecule has 0 aliphatic carbocycles. The van der Waals surface area contributed by atoms with E-state index in [4.69, 9.17) is 17.4 Å². The van der Waals surface area contributed by atoms with Gasteiger partial charge in [0.25, 0.3) is 0 Å². The summed E-state index contributed by atoms with van der Waals surface area (Å²) >= 11 is 5.77. The van der Waals surface area contributed by atoms with Crippen LogP contribution in [0.2, 0.25) is 5.02 Å². The fourth-order valence-electron chi connectivity index (χ4n) is 2.17. The van der Waals surface area contributed by atoms with Crippen molar-refractivity contribution in [3.8, 4) is 0 Å². The molecular weight excluding hydrogens is 275 g/mol. The van der Waals surface area contributed by atoms with Gasteiger partial charge in [0.05, 0.1) is 6.04 Å². The van der Waals surface area contributed by atoms with E-state index in [1.165, 1.54) is 11.6 Å². The Labute approximate surface area is 123 Å². The Kier molecular flexibility index (Phi) is 4.76. The molecule has 0 spiro atoms. The van der Waals surface area contributed by atoms with Crippen LogP contribution in [-0.2, 0) is 0 Å². The molecule has 20 heavy (non-hydrogen) atoms. The average Bonchev–Trinajstić information content (AvgIpc) is 2.42. The van der Waals surface area contributed by atoms with Crippen molar-refractivity contribution in [1.82, 2.24) is 5.43 Å². The van der Waals surface area contributed by atoms with Crippen LogP contribution in [0.5, 0.6) is 0 Å². The predicted octanol–water partition coefficient (Wildman–Crippen LogP) is 4.16. The van der Waals surface area contributed by atoms with Gasteiger partial charge >= 0.3 is 0 Å². The predicted molar refractivity (Wildman–Crippen MR) is 81.1 cm³/mol. The summed E-state index contributed by atoms with van der Waals surface area (Å²) in [7, 11) is 0. The zero-order valence-corrected chi connectivity index (χ0v) is 12.3. The Morgan fingerprint density at radius 2 is 1.65 bits per heavy atom. The van der Waals surface area contributed by atoms with Gasteiger partial charge in [-0.15, -0.1) is 0 Å². The Morgan fingerprint density at radius 1 is 1.05 bits per heavy atom. The number of hydrazine groups is 1. The van der Waals surface area contributed by atoms with E-state index in [1.807, 2.05) is 24.3 Å². The third kappa shape index (κ3) is 3.18. The van der Waals surface area contributed by atoms with Crippen molar-refractivity contribution in [2.45, 2.75) is 25.8 Å². The molecular formula is C16H18ClFN2. The maximum absolute atomic E-state index is 14.0. The Bertz CT molecular complexity index is 582. The standard InChI is InChI=1S/C16H18ClFN2/c1-10(2)11-3-5-12(6-4-11)16(20-19)14-8-7-13(17)9-15(14)18/h3-10,16,20H,19H2,1-2H3. The highest BCUT2D eigenvalue weighted by Gasteiger charge is 2.17. The van der Waals surface area contributed by atoms with Gasteiger partial charge in [0.1, 0.15) is 5.82 Å². The molecule has 0 radical (unpaired) electrons. The van der Waals surface area contributed by atoms with Gasteiger partial charge in [-0.25, -0.2) is 9.82 Å². The van der Waals surface area contributed by atoms with E-state index in [9.17, 15) is 4.39 Å². The maximum Gasteiger partial charge on any atom is 0.129 e. The molecule has 2 aromatic carbocycles. The summed E-state index contributed by atoms with van der Waals surface area (Å²) in [6.45, 7) is 4.26. The summed E-state index contributed by atoms with van der Waals surface area (Å²) in [5.41, 5.74) is 5.29. The normalized spacial score (nSPS) is 12.7. The van der Waals surface area contributed by atoms with Crippen LogP contribution >= 0.6 is 11.6 Å². The van der Waals surface area contributed by atoms with Crippen molar-refractivity contribution < 1.29 is 4.39 Å². The second kappa shape index (κ2) is 6.35. The minimum atomic E-state index is -0.395. The summed E-state index contributed by atoms with van der Waals surface area (Å²) in [5.74, 6) is 5.68. The molecule has 0 saturated heterocycles. The minimum Gasteiger partial charge on any atom is -0.271 e. The third-order valence-corrected chi connectivity index (χ3v) is 3.61. The summed E-state index contributed by atoms with van der Waals surface area (Å²) in [6.07, 6.45) is 0. The molecule has 0 fully saturated rings. The van der Waals surface area contributed by atoms with Crippen LogP contribution in [0.4, 0.5) is 4.39 Å². The molecule has 106 valence electrons. The quantitative estimate of drug-likeness (QED) is 0.656. The van der Waals surface area contributed by atoms with E-state index in [2.05, 4.69) is 19.3 Å². The second-order valence-corrected chi connectivity index (χ2v) is 5.52. The molecule has 1 unspecified atom stereocenters. The van der Waals surface area contributed by atoms with Crippen LogP contribution in [0, 0.1) is 5.82 Å². The number of hydrogen-bond acceptors (Lipinski definition) is 2. The van der Waals surface area contributed by atoms with E-state index in [0.29, 0.717) is 16.5 Å². The first-order valence-electron chi connectivity index (χ1n) is 6.54. The van der Waals surface area contributed by atoms with Crippen LogP contribution < -0.4 is 11.3 Å². The molecule has 2 nitrogen and oxygen atoms in total. The number of hydrogen-bond donors (Lipinski definition) is 2. The number of benzene rings is 2. The maximum atomic E-state index is 14.0. The summed E-state index contributed by atoms with van der Waals surface area (Å²) in [5, 5.41) is 0.372. The SMILES string of the molecule is CC(C)c1ccc(C(NN)c2ccc(Cl)cc2F)cc1. The zero-order chi connectivity index (χ0) is 14.7. The van der Waals surface area contributed by atoms with Gasteiger partial charge in [0.2, 0.25) is 0 Å². The average molecular weight is 293 g/mol. The van der Waals surface area contributed by atoms with Crippen molar-refractivity contribution in [3.63, 3.8) is 0 Å². The molecule has 0 amide bonds. The van der Waals surface area contributed by atoms with Gasteiger partial charge in [0.15, 0.2) is 0 Å². The van der Waals surface area contributed by atoms with Gasteiger partial charge in [-0.3, -0.25) is 5.84 Å². The molecule has 1 atom stereocenters. The number of nitrogens with two attached hydrogens (primary N) is 1. The number of halogens is 2. The van der Waals surface area contributed by atoms with Gasteiger partial charge in [-0.2, -0.15) is 0 Å². The van der Waals surface area contributed by atoms with Crippen molar-refractivity contribution in [3.05, 3.63) is 70.0 Å². The van der Waals surface area contributed by atoms with Crippen molar-refractivity contribution in [2.24, 2.45) is 5.84 Å². The molecule has 2 aromatic rings. The highest BCUT2D eigenvalue weighted by Crippen LogP contribution is 2.27. The third-order valence-electron chi connectivity index (χ3n) is 3.38. The van der Waals surface area contributed by atoms with Crippen LogP contribution in [-0.4, -0.2) is 0 Å². The first-order valence-corrected chi connectivity index (χ1v) is 6.91. The Hall–Kier alpha value is -1.42. The largest absolute Gasteiger partial charge is 0.271 e. The van der Waals surface area contributed by atoms with E-state index in [-0.39, 0.29) is 5.82 Å². The summed E-state index contributed by atoms with van der Waals surface area (Å²) in [4.78, 5) is 0. The monoisotopic (exact) mass is 292 g/mol. The van der Waals surface area contributed by atoms with E-state index in [1.54, 1.807) is 12.1 Å². The molecule has 0 heterocycles. The van der Waals surface area contributed by atoms with Gasteiger partial charge in [-0.05, 0) is 29.2 Å². The molecule has 2 rings (SSSR count). The molecule has 0 aliphatic rings. The fraction of sp³-hybridized carbons (Fsp3) is 0.250. The lowest BCUT2D eigenvalue weighted by Gasteiger charge is -2.18. The summed E-state index contributed by atoms with van der Waals surface area (Å²) in [6, 6.07) is 12.2. The summed E-state index contributed by atoms with van der Waals surface area (Å²) < 4.78 is 14.0. The first-order chi connectivity index (χ1) is 9.52. The smallest absolute Gasteiger partial charge is 0.129 e. The van der Waals surface area contributed by atoms with Crippen LogP contribution in [0.15, 0.2) is 42.5 Å². The van der Waals surface area contributed by atoms with Gasteiger partial charge < -0.3 is 0 Å². The van der Waals surface area contributed by atoms with Crippen LogP contribution in [0.25, 0.3) is 0 Å². The molecule has 4 heteroatoms. The van der Waals surface area contributed by atoms with Crippen LogP contribution in [0.3, 0.4) is 0 Å². The Morgan fingerprint density at radius 3 is 2.15 bits per heavy atom. The highest BCUT2D eigenvalue weighted by atomic mass is 35.5. The lowest BCUT2D eigenvalue weighted by atomic mass is 9.95. The highest BCUT2D eigenvalue weighted by molar-refractivity contribution is 6.30. The molecule has 0 aliphatic heterocycles. The number of nitrogens with one attached hydrogen (secondary N) is 1.